The number of benzene rings is 3. The van der Waals surface area contributed by atoms with Crippen LogP contribution in [0.25, 0.3) is 22.6 Å². The van der Waals surface area contributed by atoms with Crippen LogP contribution in [0.5, 0.6) is 0 Å². The second-order valence-corrected chi connectivity index (χ2v) is 6.54. The number of thiocarbonyl (C=S) groups is 1. The van der Waals surface area contributed by atoms with Crippen LogP contribution in [-0.4, -0.2) is 16.0 Å². The standard InChI is InChI=1S/C21H13F2N3O2S/c22-14-6-4-12(5-7-14)19(27)26-21(29)24-16-8-9-18-17(11-16)25-20(28-18)13-2-1-3-15(23)10-13/h1-11H,(H2,24,26,27,29). The first-order chi connectivity index (χ1) is 14.0. The van der Waals surface area contributed by atoms with E-state index >= 15 is 0 Å². The number of anilines is 1. The minimum atomic E-state index is -0.460. The topological polar surface area (TPSA) is 67.2 Å². The maximum absolute atomic E-state index is 13.4. The molecule has 0 radical (unpaired) electrons. The fourth-order valence-electron chi connectivity index (χ4n) is 2.69. The van der Waals surface area contributed by atoms with Gasteiger partial charge in [-0.05, 0) is 72.9 Å². The molecule has 0 aliphatic heterocycles. The van der Waals surface area contributed by atoms with Crippen molar-refractivity contribution in [1.82, 2.24) is 10.3 Å². The number of nitrogens with one attached hydrogen (secondary N) is 2. The molecule has 1 heterocycles. The van der Waals surface area contributed by atoms with Crippen LogP contribution in [0.1, 0.15) is 10.4 Å². The van der Waals surface area contributed by atoms with Gasteiger partial charge in [0.15, 0.2) is 10.7 Å². The number of rotatable bonds is 3. The summed E-state index contributed by atoms with van der Waals surface area (Å²) < 4.78 is 32.0. The number of carbonyl (C=O) groups excluding carboxylic acids is 1. The molecule has 1 amide bonds. The van der Waals surface area contributed by atoms with Crippen molar-refractivity contribution in [3.8, 4) is 11.5 Å². The van der Waals surface area contributed by atoms with Crippen LogP contribution >= 0.6 is 12.2 Å². The van der Waals surface area contributed by atoms with Crippen molar-refractivity contribution in [2.45, 2.75) is 0 Å². The number of aromatic nitrogens is 1. The highest BCUT2D eigenvalue weighted by molar-refractivity contribution is 7.80. The van der Waals surface area contributed by atoms with Gasteiger partial charge in [-0.2, -0.15) is 0 Å². The smallest absolute Gasteiger partial charge is 0.257 e. The van der Waals surface area contributed by atoms with E-state index in [1.165, 1.54) is 36.4 Å². The number of amides is 1. The SMILES string of the molecule is O=C(NC(=S)Nc1ccc2oc(-c3cccc(F)c3)nc2c1)c1ccc(F)cc1. The predicted molar refractivity (Wildman–Crippen MR) is 109 cm³/mol. The van der Waals surface area contributed by atoms with Gasteiger partial charge in [0.1, 0.15) is 17.2 Å². The average Bonchev–Trinajstić information content (AvgIpc) is 3.12. The lowest BCUT2D eigenvalue weighted by Crippen LogP contribution is -2.34. The summed E-state index contributed by atoms with van der Waals surface area (Å²) in [6, 6.07) is 16.2. The molecule has 0 saturated heterocycles. The molecule has 0 aliphatic carbocycles. The first kappa shape index (κ1) is 18.7. The van der Waals surface area contributed by atoms with Crippen molar-refractivity contribution in [2.75, 3.05) is 5.32 Å². The quantitative estimate of drug-likeness (QED) is 0.471. The monoisotopic (exact) mass is 409 g/mol. The highest BCUT2D eigenvalue weighted by Gasteiger charge is 2.11. The highest BCUT2D eigenvalue weighted by Crippen LogP contribution is 2.26. The van der Waals surface area contributed by atoms with Crippen molar-refractivity contribution in [3.63, 3.8) is 0 Å². The third-order valence-corrected chi connectivity index (χ3v) is 4.25. The summed E-state index contributed by atoms with van der Waals surface area (Å²) in [4.78, 5) is 16.5. The number of hydrogen-bond donors (Lipinski definition) is 2. The molecule has 4 aromatic rings. The molecule has 0 atom stereocenters. The zero-order valence-electron chi connectivity index (χ0n) is 14.8. The van der Waals surface area contributed by atoms with Crippen LogP contribution in [0.4, 0.5) is 14.5 Å². The summed E-state index contributed by atoms with van der Waals surface area (Å²) in [5, 5.41) is 5.49. The number of fused-ring (bicyclic) bond motifs is 1. The third kappa shape index (κ3) is 4.27. The fraction of sp³-hybridized carbons (Fsp3) is 0. The summed E-state index contributed by atoms with van der Waals surface area (Å²) in [6.45, 7) is 0. The Hall–Kier alpha value is -3.65. The number of oxazole rings is 1. The maximum atomic E-state index is 13.4. The van der Waals surface area contributed by atoms with E-state index in [4.69, 9.17) is 16.6 Å². The second kappa shape index (κ2) is 7.76. The Labute approximate surface area is 169 Å². The van der Waals surface area contributed by atoms with Gasteiger partial charge in [0.05, 0.1) is 0 Å². The van der Waals surface area contributed by atoms with E-state index in [2.05, 4.69) is 15.6 Å². The van der Waals surface area contributed by atoms with Crippen LogP contribution < -0.4 is 10.6 Å². The summed E-state index contributed by atoms with van der Waals surface area (Å²) in [6.07, 6.45) is 0. The molecule has 29 heavy (non-hydrogen) atoms. The van der Waals surface area contributed by atoms with Crippen LogP contribution in [0.2, 0.25) is 0 Å². The van der Waals surface area contributed by atoms with Gasteiger partial charge in [-0.3, -0.25) is 10.1 Å². The summed E-state index contributed by atoms with van der Waals surface area (Å²) in [5.41, 5.74) is 2.46. The Morgan fingerprint density at radius 2 is 1.76 bits per heavy atom. The van der Waals surface area contributed by atoms with E-state index < -0.39 is 11.7 Å². The summed E-state index contributed by atoms with van der Waals surface area (Å²) in [5.74, 6) is -0.975. The molecule has 8 heteroatoms. The molecule has 144 valence electrons. The van der Waals surface area contributed by atoms with Crippen molar-refractivity contribution < 1.29 is 18.0 Å². The Kier molecular flexibility index (Phi) is 5.01. The molecule has 0 bridgehead atoms. The predicted octanol–water partition coefficient (Wildman–Crippen LogP) is 4.90. The van der Waals surface area contributed by atoms with E-state index in [-0.39, 0.29) is 16.5 Å². The van der Waals surface area contributed by atoms with Gasteiger partial charge in [0.25, 0.3) is 5.91 Å². The van der Waals surface area contributed by atoms with E-state index in [9.17, 15) is 13.6 Å². The van der Waals surface area contributed by atoms with E-state index in [1.54, 1.807) is 30.3 Å². The normalized spacial score (nSPS) is 10.7. The second-order valence-electron chi connectivity index (χ2n) is 6.13. The largest absolute Gasteiger partial charge is 0.436 e. The van der Waals surface area contributed by atoms with E-state index in [0.717, 1.165) is 0 Å². The van der Waals surface area contributed by atoms with Crippen molar-refractivity contribution in [3.05, 3.63) is 83.9 Å². The van der Waals surface area contributed by atoms with Crippen molar-refractivity contribution in [2.24, 2.45) is 0 Å². The first-order valence-electron chi connectivity index (χ1n) is 8.52. The molecule has 0 spiro atoms. The van der Waals surface area contributed by atoms with Crippen molar-refractivity contribution in [1.29, 1.82) is 0 Å². The average molecular weight is 409 g/mol. The van der Waals surface area contributed by atoms with Gasteiger partial charge in [0.2, 0.25) is 5.89 Å². The van der Waals surface area contributed by atoms with Crippen molar-refractivity contribution >= 4 is 40.0 Å². The number of carbonyl (C=O) groups is 1. The van der Waals surface area contributed by atoms with Gasteiger partial charge >= 0.3 is 0 Å². The minimum absolute atomic E-state index is 0.0764. The van der Waals surface area contributed by atoms with E-state index in [0.29, 0.717) is 28.2 Å². The molecule has 0 fully saturated rings. The fourth-order valence-corrected chi connectivity index (χ4v) is 2.90. The molecular weight excluding hydrogens is 396 g/mol. The lowest BCUT2D eigenvalue weighted by molar-refractivity contribution is 0.0977. The number of hydrogen-bond acceptors (Lipinski definition) is 4. The third-order valence-electron chi connectivity index (χ3n) is 4.05. The Morgan fingerprint density at radius 1 is 0.966 bits per heavy atom. The molecule has 2 N–H and O–H groups in total. The number of halogens is 2. The van der Waals surface area contributed by atoms with Gasteiger partial charge in [-0.1, -0.05) is 6.07 Å². The minimum Gasteiger partial charge on any atom is -0.436 e. The Balaban J connectivity index is 1.48. The lowest BCUT2D eigenvalue weighted by atomic mass is 10.2. The van der Waals surface area contributed by atoms with Crippen LogP contribution in [0.3, 0.4) is 0 Å². The number of nitrogens with zero attached hydrogens (tertiary/aromatic N) is 1. The first-order valence-corrected chi connectivity index (χ1v) is 8.93. The Morgan fingerprint density at radius 3 is 2.52 bits per heavy atom. The zero-order chi connectivity index (χ0) is 20.4. The molecule has 0 unspecified atom stereocenters. The van der Waals surface area contributed by atoms with Gasteiger partial charge in [-0.15, -0.1) is 0 Å². The summed E-state index contributed by atoms with van der Waals surface area (Å²) in [7, 11) is 0. The molecule has 1 aromatic heterocycles. The van der Waals surface area contributed by atoms with Crippen LogP contribution in [0, 0.1) is 11.6 Å². The maximum Gasteiger partial charge on any atom is 0.257 e. The van der Waals surface area contributed by atoms with E-state index in [1.807, 2.05) is 0 Å². The van der Waals surface area contributed by atoms with Crippen LogP contribution in [-0.2, 0) is 0 Å². The molecule has 4 rings (SSSR count). The van der Waals surface area contributed by atoms with Crippen LogP contribution in [0.15, 0.2) is 71.1 Å². The molecule has 5 nitrogen and oxygen atoms in total. The molecule has 3 aromatic carbocycles. The zero-order valence-corrected chi connectivity index (χ0v) is 15.6. The highest BCUT2D eigenvalue weighted by atomic mass is 32.1. The van der Waals surface area contributed by atoms with Gasteiger partial charge in [-0.25, -0.2) is 13.8 Å². The summed E-state index contributed by atoms with van der Waals surface area (Å²) >= 11 is 5.15. The molecule has 0 aliphatic rings. The Bertz CT molecular complexity index is 1220. The molecular formula is C21H13F2N3O2S. The van der Waals surface area contributed by atoms with Gasteiger partial charge < -0.3 is 9.73 Å². The lowest BCUT2D eigenvalue weighted by Gasteiger charge is -2.09. The molecule has 0 saturated carbocycles. The van der Waals surface area contributed by atoms with Gasteiger partial charge in [0, 0.05) is 16.8 Å².